The second-order valence-electron chi connectivity index (χ2n) is 16.8. The predicted octanol–water partition coefficient (Wildman–Crippen LogP) is 13.8. The molecule has 21 heteroatoms. The van der Waals surface area contributed by atoms with E-state index in [0.717, 1.165) is 51.7 Å². The molecule has 0 unspecified atom stereocenters. The molecule has 0 spiro atoms. The molecule has 0 aliphatic carbocycles. The fourth-order valence-corrected chi connectivity index (χ4v) is 10.2. The van der Waals surface area contributed by atoms with Gasteiger partial charge in [0.2, 0.25) is 0 Å². The number of nitriles is 3. The first-order chi connectivity index (χ1) is 53.1. The predicted molar refractivity (Wildman–Crippen MR) is 331 cm³/mol. The van der Waals surface area contributed by atoms with Gasteiger partial charge in [-0.1, -0.05) is 71.1 Å². The Kier molecular flexibility index (Phi) is 9.53. The standard InChI is InChI=1S/3C20H20ClN5S/c3*1-13-2-3-14(8-15(13)10-22)11-26-6-4-16(5-7-26)25-19-17-9-18(21)27-20(17)24-12-23-19/h3*2-3,8-9,12,16H,4-7,11H2,1H3,(H,23,24,25)/i3D,4D2,5D2,6D2,7D2,8D,9D,11D2,16D;3D,4D2,5D2,8D,9D,11D2,12D,16D;3D,8D,9D,11D2,12D,16D/hD3. The molecule has 3 saturated heterocycles. The minimum absolute atomic E-state index is 0.00428. The van der Waals surface area contributed by atoms with Crippen molar-refractivity contribution in [2.24, 2.45) is 0 Å². The molecule has 0 amide bonds. The number of anilines is 3. The van der Waals surface area contributed by atoms with Gasteiger partial charge in [-0.15, -0.1) is 34.0 Å². The summed E-state index contributed by atoms with van der Waals surface area (Å²) in [6.07, 6.45) is -14.1. The highest BCUT2D eigenvalue weighted by atomic mass is 35.5. The summed E-state index contributed by atoms with van der Waals surface area (Å²) < 4.78 is 300. The molecule has 15 nitrogen and oxygen atoms in total. The van der Waals surface area contributed by atoms with E-state index in [1.54, 1.807) is 19.1 Å². The Morgan fingerprint density at radius 3 is 1.38 bits per heavy atom. The molecule has 9 heterocycles. The van der Waals surface area contributed by atoms with Gasteiger partial charge >= 0.3 is 0 Å². The van der Waals surface area contributed by atoms with Crippen LogP contribution >= 0.6 is 68.8 Å². The van der Waals surface area contributed by atoms with E-state index in [1.165, 1.54) is 30.9 Å². The smallest absolute Gasteiger partial charge is 0.162 e. The first kappa shape index (κ1) is 28.6. The second-order valence-corrected chi connectivity index (χ2v) is 21.7. The van der Waals surface area contributed by atoms with Crippen molar-refractivity contribution in [3.05, 3.63) is 155 Å². The van der Waals surface area contributed by atoms with Gasteiger partial charge in [0.25, 0.3) is 0 Å². The topological polar surface area (TPSA) is 195 Å². The summed E-state index contributed by atoms with van der Waals surface area (Å²) in [5.41, 5.74) is -1.58. The molecule has 3 aliphatic heterocycles. The maximum absolute atomic E-state index is 9.48. The molecule has 0 bridgehead atoms. The molecular weight excluding hydrogens is 1130 g/mol. The summed E-state index contributed by atoms with van der Waals surface area (Å²) in [5, 5.41) is 28.8. The maximum Gasteiger partial charge on any atom is 0.162 e. The molecule has 0 saturated carbocycles. The van der Waals surface area contributed by atoms with Gasteiger partial charge < -0.3 is 15.9 Å². The maximum atomic E-state index is 9.48. The molecule has 9 aromatic rings. The van der Waals surface area contributed by atoms with Gasteiger partial charge in [0, 0.05) is 101 Å². The third-order valence-corrected chi connectivity index (χ3v) is 14.6. The van der Waals surface area contributed by atoms with E-state index < -0.39 is 159 Å². The van der Waals surface area contributed by atoms with Crippen molar-refractivity contribution in [1.29, 1.82) is 15.8 Å². The number of fused-ring (bicyclic) bond motifs is 3. The summed E-state index contributed by atoms with van der Waals surface area (Å²) in [6, 6.07) is -3.64. The van der Waals surface area contributed by atoms with E-state index in [2.05, 4.69) is 29.9 Å². The SMILES string of the molecule is [2H]c1cc(C)c(C#N)c([2H])c1C([2H])([2H])N1C([2H])([2H])C([2H])([2H])C([2H])(N([2H])c2ncnc3sc(Cl)c([2H])c23)C([2H])([2H])C1([2H])[2H].[2H]c1nc(N([2H])C2([2H])C([2H])([2H])CN(C([2H])([2H])c3c([2H])cc(C)c(C#N)c3[2H])CC2([2H])[2H])c2c([2H])c(Cl)sc2n1.[2H]c1nc(N([2H])C2([2H])CCN(C([2H])([2H])c3c([2H])cc(C)c(C#N)c3[2H])CC2)c2c([2H])c(Cl)sc2n1. The average molecular weight is 1230 g/mol. The zero-order chi connectivity index (χ0) is 87.5. The summed E-state index contributed by atoms with van der Waals surface area (Å²) in [7, 11) is 0. The van der Waals surface area contributed by atoms with E-state index in [1.807, 2.05) is 6.07 Å². The molecule has 3 fully saturated rings. The lowest BCUT2D eigenvalue weighted by Crippen LogP contribution is -2.38. The Morgan fingerprint density at radius 2 is 0.938 bits per heavy atom. The molecule has 6 aromatic heterocycles. The van der Waals surface area contributed by atoms with Crippen LogP contribution in [0.25, 0.3) is 30.6 Å². The summed E-state index contributed by atoms with van der Waals surface area (Å²) in [4.78, 5) is 25.2. The molecule has 12 rings (SSSR count). The molecule has 414 valence electrons. The van der Waals surface area contributed by atoms with Crippen molar-refractivity contribution >= 4 is 117 Å². The van der Waals surface area contributed by atoms with Gasteiger partial charge in [-0.3, -0.25) is 14.7 Å². The van der Waals surface area contributed by atoms with Gasteiger partial charge in [0.05, 0.1) is 80.5 Å². The number of likely N-dealkylation sites (tertiary alicyclic amines) is 3. The van der Waals surface area contributed by atoms with E-state index in [9.17, 15) is 15.8 Å². The third kappa shape index (κ3) is 14.9. The van der Waals surface area contributed by atoms with E-state index >= 15 is 0 Å². The number of nitrogens with zero attached hydrogens (tertiary/aromatic N) is 12. The molecule has 3 aromatic carbocycles. The van der Waals surface area contributed by atoms with Crippen LogP contribution in [0.3, 0.4) is 0 Å². The Morgan fingerprint density at radius 1 is 0.556 bits per heavy atom. The highest BCUT2D eigenvalue weighted by Gasteiger charge is 2.24. The van der Waals surface area contributed by atoms with Gasteiger partial charge in [0.15, 0.2) is 4.24 Å². The van der Waals surface area contributed by atoms with Crippen LogP contribution in [0, 0.1) is 54.8 Å². The molecule has 0 radical (unpaired) electrons. The number of nitrogens with one attached hydrogen (secondary N) is 3. The van der Waals surface area contributed by atoms with Gasteiger partial charge in [0.1, 0.15) is 53.6 Å². The number of hydrogen-bond donors (Lipinski definition) is 3. The number of halogens is 3. The van der Waals surface area contributed by atoms with Gasteiger partial charge in [-0.05, 0) is 129 Å². The van der Waals surface area contributed by atoms with Crippen LogP contribution in [0.5, 0.6) is 0 Å². The number of thiophene rings is 3. The lowest BCUT2D eigenvalue weighted by Gasteiger charge is -2.32. The Bertz CT molecular complexity index is 5580. The minimum atomic E-state index is -3.99. The highest BCUT2D eigenvalue weighted by Crippen LogP contribution is 2.35. The van der Waals surface area contributed by atoms with Gasteiger partial charge in [-0.2, -0.15) is 15.8 Å². The quantitative estimate of drug-likeness (QED) is 0.104. The molecule has 3 aliphatic rings. The Hall–Kier alpha value is -6.60. The normalized spacial score (nSPS) is 27.4. The lowest BCUT2D eigenvalue weighted by molar-refractivity contribution is 0.211. The fraction of sp³-hybridized carbons (Fsp3) is 0.350. The number of aryl methyl sites for hydroxylation is 3. The average Bonchev–Trinajstić information content (AvgIpc) is 0.864. The van der Waals surface area contributed by atoms with Crippen molar-refractivity contribution in [3.63, 3.8) is 0 Å². The number of benzene rings is 3. The van der Waals surface area contributed by atoms with Crippen LogP contribution in [-0.4, -0.2) is 102 Å². The molecular formula is C60H60Cl3N15S3. The van der Waals surface area contributed by atoms with Crippen molar-refractivity contribution in [2.75, 3.05) is 55.1 Å². The van der Waals surface area contributed by atoms with E-state index in [0.29, 0.717) is 10.5 Å². The molecule has 0 atom stereocenters. The molecule has 3 N–H and O–H groups in total. The number of rotatable bonds is 12. The number of aromatic nitrogens is 6. The van der Waals surface area contributed by atoms with E-state index in [4.69, 9.17) is 82.9 Å². The number of hydrogen-bond acceptors (Lipinski definition) is 18. The van der Waals surface area contributed by atoms with Crippen LogP contribution < -0.4 is 15.9 Å². The van der Waals surface area contributed by atoms with Crippen molar-refractivity contribution < 1.29 is 48.1 Å². The highest BCUT2D eigenvalue weighted by molar-refractivity contribution is 7.23. The lowest BCUT2D eigenvalue weighted by atomic mass is 10.0. The van der Waals surface area contributed by atoms with Crippen LogP contribution in [0.4, 0.5) is 17.5 Å². The second kappa shape index (κ2) is 27.0. The largest absolute Gasteiger partial charge is 0.367 e. The minimum Gasteiger partial charge on any atom is -0.367 e. The van der Waals surface area contributed by atoms with Crippen LogP contribution in [0.15, 0.2) is 91.5 Å². The van der Waals surface area contributed by atoms with E-state index in [-0.39, 0.29) is 144 Å². The summed E-state index contributed by atoms with van der Waals surface area (Å²) in [5.74, 6) is -1.40. The fourth-order valence-electron chi connectivity index (χ4n) is 7.29. The Labute approximate surface area is 548 Å². The monoisotopic (exact) mass is 1230 g/mol. The van der Waals surface area contributed by atoms with Crippen LogP contribution in [0.2, 0.25) is 17.2 Å². The Balaban J connectivity index is 0.000000184. The third-order valence-electron chi connectivity index (χ3n) is 11.3. The zero-order valence-electron chi connectivity index (χ0n) is 77.1. The van der Waals surface area contributed by atoms with Gasteiger partial charge in [-0.25, -0.2) is 29.9 Å². The van der Waals surface area contributed by atoms with Crippen molar-refractivity contribution in [2.45, 2.75) is 96.6 Å². The number of piperidine rings is 3. The van der Waals surface area contributed by atoms with Crippen molar-refractivity contribution in [3.8, 4) is 18.2 Å². The van der Waals surface area contributed by atoms with Crippen LogP contribution in [-0.2, 0) is 19.5 Å². The zero-order valence-corrected chi connectivity index (χ0v) is 46.8. The summed E-state index contributed by atoms with van der Waals surface area (Å²) >= 11 is 20.7. The van der Waals surface area contributed by atoms with Crippen LogP contribution in [0.1, 0.15) is 132 Å². The first-order valence-electron chi connectivity index (χ1n) is 40.9. The summed E-state index contributed by atoms with van der Waals surface area (Å²) in [6.45, 7) is -14.1. The first-order valence-corrected chi connectivity index (χ1v) is 27.2. The molecule has 81 heavy (non-hydrogen) atoms. The van der Waals surface area contributed by atoms with Crippen molar-refractivity contribution in [1.82, 2.24) is 44.6 Å².